The van der Waals surface area contributed by atoms with Gasteiger partial charge < -0.3 is 10.2 Å². The van der Waals surface area contributed by atoms with Crippen LogP contribution in [-0.2, 0) is 0 Å². The van der Waals surface area contributed by atoms with Crippen LogP contribution in [0.15, 0.2) is 48.5 Å². The van der Waals surface area contributed by atoms with Crippen LogP contribution in [0.3, 0.4) is 0 Å². The van der Waals surface area contributed by atoms with E-state index in [0.717, 1.165) is 5.56 Å². The molecule has 3 aromatic rings. The standard InChI is InChI=1S/C14H10N4O3/c19-12-7-3-9(4-8-12)13-15-17-18(16-13)11-5-1-10(2-6-11)14(20)21/h1-8,19H,(H,20,21). The summed E-state index contributed by atoms with van der Waals surface area (Å²) >= 11 is 0. The zero-order valence-electron chi connectivity index (χ0n) is 10.7. The first-order valence-electron chi connectivity index (χ1n) is 6.06. The molecule has 0 unspecified atom stereocenters. The number of phenols is 1. The topological polar surface area (TPSA) is 101 Å². The summed E-state index contributed by atoms with van der Waals surface area (Å²) in [6, 6.07) is 12.6. The third-order valence-electron chi connectivity index (χ3n) is 2.88. The Balaban J connectivity index is 1.90. The van der Waals surface area contributed by atoms with Crippen molar-refractivity contribution in [1.29, 1.82) is 0 Å². The fourth-order valence-corrected chi connectivity index (χ4v) is 1.79. The maximum Gasteiger partial charge on any atom is 0.335 e. The van der Waals surface area contributed by atoms with E-state index < -0.39 is 5.97 Å². The normalized spacial score (nSPS) is 10.5. The first-order chi connectivity index (χ1) is 10.1. The van der Waals surface area contributed by atoms with E-state index in [-0.39, 0.29) is 11.3 Å². The van der Waals surface area contributed by atoms with Crippen molar-refractivity contribution in [2.45, 2.75) is 0 Å². The summed E-state index contributed by atoms with van der Waals surface area (Å²) in [5.74, 6) is -0.411. The fraction of sp³-hybridized carbons (Fsp3) is 0. The first-order valence-corrected chi connectivity index (χ1v) is 6.06. The largest absolute Gasteiger partial charge is 0.508 e. The van der Waals surface area contributed by atoms with Gasteiger partial charge in [0.05, 0.1) is 11.3 Å². The molecule has 1 aromatic heterocycles. The number of hydrogen-bond acceptors (Lipinski definition) is 5. The molecule has 2 N–H and O–H groups in total. The highest BCUT2D eigenvalue weighted by atomic mass is 16.4. The number of nitrogens with zero attached hydrogens (tertiary/aromatic N) is 4. The fourth-order valence-electron chi connectivity index (χ4n) is 1.79. The number of hydrogen-bond donors (Lipinski definition) is 2. The number of benzene rings is 2. The summed E-state index contributed by atoms with van der Waals surface area (Å²) in [6.07, 6.45) is 0. The van der Waals surface area contributed by atoms with Crippen molar-refractivity contribution in [2.24, 2.45) is 0 Å². The van der Waals surface area contributed by atoms with Gasteiger partial charge in [0.1, 0.15) is 5.75 Å². The molecule has 0 fully saturated rings. The van der Waals surface area contributed by atoms with Crippen molar-refractivity contribution < 1.29 is 15.0 Å². The number of aromatic carboxylic acids is 1. The minimum absolute atomic E-state index is 0.162. The maximum atomic E-state index is 10.8. The van der Waals surface area contributed by atoms with E-state index in [9.17, 15) is 9.90 Å². The molecule has 0 radical (unpaired) electrons. The third-order valence-corrected chi connectivity index (χ3v) is 2.88. The van der Waals surface area contributed by atoms with Crippen LogP contribution in [0, 0.1) is 0 Å². The minimum Gasteiger partial charge on any atom is -0.508 e. The third kappa shape index (κ3) is 2.57. The predicted molar refractivity (Wildman–Crippen MR) is 73.2 cm³/mol. The van der Waals surface area contributed by atoms with E-state index >= 15 is 0 Å². The lowest BCUT2D eigenvalue weighted by Gasteiger charge is -1.99. The highest BCUT2D eigenvalue weighted by Gasteiger charge is 2.08. The Morgan fingerprint density at radius 3 is 2.29 bits per heavy atom. The molecule has 3 rings (SSSR count). The average Bonchev–Trinajstić information content (AvgIpc) is 2.98. The lowest BCUT2D eigenvalue weighted by molar-refractivity contribution is 0.0697. The molecule has 104 valence electrons. The summed E-state index contributed by atoms with van der Waals surface area (Å²) in [6.45, 7) is 0. The number of aromatic hydroxyl groups is 1. The smallest absolute Gasteiger partial charge is 0.335 e. The molecule has 2 aromatic carbocycles. The summed E-state index contributed by atoms with van der Waals surface area (Å²) in [5.41, 5.74) is 1.52. The number of aromatic nitrogens is 4. The van der Waals surface area contributed by atoms with Gasteiger partial charge >= 0.3 is 5.97 Å². The Bertz CT molecular complexity index is 779. The molecule has 0 atom stereocenters. The molecule has 0 aliphatic rings. The molecule has 1 heterocycles. The SMILES string of the molecule is O=C(O)c1ccc(-n2nnc(-c3ccc(O)cc3)n2)cc1. The Hall–Kier alpha value is -3.22. The van der Waals surface area contributed by atoms with Crippen LogP contribution in [0.25, 0.3) is 17.1 Å². The van der Waals surface area contributed by atoms with Gasteiger partial charge in [-0.2, -0.15) is 0 Å². The zero-order valence-corrected chi connectivity index (χ0v) is 10.7. The van der Waals surface area contributed by atoms with Crippen molar-refractivity contribution in [3.8, 4) is 22.8 Å². The van der Waals surface area contributed by atoms with Crippen LogP contribution in [0.4, 0.5) is 0 Å². The summed E-state index contributed by atoms with van der Waals surface area (Å²) in [7, 11) is 0. The average molecular weight is 282 g/mol. The van der Waals surface area contributed by atoms with Crippen molar-refractivity contribution in [3.63, 3.8) is 0 Å². The number of tetrazole rings is 1. The highest BCUT2D eigenvalue weighted by molar-refractivity contribution is 5.87. The van der Waals surface area contributed by atoms with Crippen LogP contribution in [0.1, 0.15) is 10.4 Å². The molecular formula is C14H10N4O3. The Kier molecular flexibility index (Phi) is 3.07. The monoisotopic (exact) mass is 282 g/mol. The van der Waals surface area contributed by atoms with Gasteiger partial charge in [0.15, 0.2) is 0 Å². The number of phenolic OH excluding ortho intramolecular Hbond substituents is 1. The summed E-state index contributed by atoms with van der Waals surface area (Å²) in [4.78, 5) is 12.1. The lowest BCUT2D eigenvalue weighted by atomic mass is 10.2. The van der Waals surface area contributed by atoms with E-state index in [0.29, 0.717) is 11.5 Å². The van der Waals surface area contributed by atoms with Gasteiger partial charge in [-0.05, 0) is 53.7 Å². The van der Waals surface area contributed by atoms with Crippen LogP contribution >= 0.6 is 0 Å². The summed E-state index contributed by atoms with van der Waals surface area (Å²) in [5, 5.41) is 30.2. The van der Waals surface area contributed by atoms with E-state index in [1.807, 2.05) is 0 Å². The van der Waals surface area contributed by atoms with Gasteiger partial charge in [-0.3, -0.25) is 0 Å². The van der Waals surface area contributed by atoms with E-state index in [1.54, 1.807) is 24.3 Å². The van der Waals surface area contributed by atoms with Gasteiger partial charge in [-0.15, -0.1) is 15.0 Å². The molecule has 7 nitrogen and oxygen atoms in total. The van der Waals surface area contributed by atoms with Gasteiger partial charge in [-0.1, -0.05) is 0 Å². The molecule has 0 amide bonds. The predicted octanol–water partition coefficient (Wildman–Crippen LogP) is 1.73. The van der Waals surface area contributed by atoms with Gasteiger partial charge in [0.25, 0.3) is 0 Å². The van der Waals surface area contributed by atoms with E-state index in [1.165, 1.54) is 29.1 Å². The maximum absolute atomic E-state index is 10.8. The van der Waals surface area contributed by atoms with Crippen LogP contribution < -0.4 is 0 Å². The van der Waals surface area contributed by atoms with Crippen molar-refractivity contribution >= 4 is 5.97 Å². The van der Waals surface area contributed by atoms with Gasteiger partial charge in [0, 0.05) is 5.56 Å². The molecular weight excluding hydrogens is 272 g/mol. The number of carboxylic acids is 1. The highest BCUT2D eigenvalue weighted by Crippen LogP contribution is 2.18. The van der Waals surface area contributed by atoms with E-state index in [4.69, 9.17) is 5.11 Å². The Labute approximate surface area is 119 Å². The lowest BCUT2D eigenvalue weighted by Crippen LogP contribution is -2.01. The number of carboxylic acid groups (broad SMARTS) is 1. The number of rotatable bonds is 3. The van der Waals surface area contributed by atoms with Gasteiger partial charge in [0.2, 0.25) is 5.82 Å². The molecule has 21 heavy (non-hydrogen) atoms. The molecule has 0 spiro atoms. The second kappa shape index (κ2) is 5.04. The van der Waals surface area contributed by atoms with Crippen molar-refractivity contribution in [1.82, 2.24) is 20.2 Å². The Morgan fingerprint density at radius 1 is 1.00 bits per heavy atom. The summed E-state index contributed by atoms with van der Waals surface area (Å²) < 4.78 is 0. The van der Waals surface area contributed by atoms with Crippen molar-refractivity contribution in [3.05, 3.63) is 54.1 Å². The van der Waals surface area contributed by atoms with Crippen LogP contribution in [-0.4, -0.2) is 36.4 Å². The second-order valence-electron chi connectivity index (χ2n) is 4.30. The van der Waals surface area contributed by atoms with E-state index in [2.05, 4.69) is 15.4 Å². The number of carbonyl (C=O) groups is 1. The molecule has 0 saturated heterocycles. The Morgan fingerprint density at radius 2 is 1.67 bits per heavy atom. The molecule has 7 heteroatoms. The molecule has 0 bridgehead atoms. The molecule has 0 aliphatic heterocycles. The minimum atomic E-state index is -0.988. The molecule has 0 saturated carbocycles. The van der Waals surface area contributed by atoms with Crippen LogP contribution in [0.5, 0.6) is 5.75 Å². The van der Waals surface area contributed by atoms with Crippen LogP contribution in [0.2, 0.25) is 0 Å². The quantitative estimate of drug-likeness (QED) is 0.758. The zero-order chi connectivity index (χ0) is 14.8. The van der Waals surface area contributed by atoms with Gasteiger partial charge in [-0.25, -0.2) is 4.79 Å². The molecule has 0 aliphatic carbocycles. The van der Waals surface area contributed by atoms with Crippen molar-refractivity contribution in [2.75, 3.05) is 0 Å². The first kappa shape index (κ1) is 12.8. The second-order valence-corrected chi connectivity index (χ2v) is 4.30.